The summed E-state index contributed by atoms with van der Waals surface area (Å²) in [6.07, 6.45) is -0.408. The van der Waals surface area contributed by atoms with Gasteiger partial charge in [-0.2, -0.15) is 0 Å². The first-order valence-corrected chi connectivity index (χ1v) is 12.3. The first-order valence-electron chi connectivity index (χ1n) is 11.3. The van der Waals surface area contributed by atoms with Gasteiger partial charge in [-0.05, 0) is 74.5 Å². The molecule has 0 fully saturated rings. The molecular formula is C27H26N4O4S. The number of ketones is 1. The second-order valence-corrected chi connectivity index (χ2v) is 8.86. The van der Waals surface area contributed by atoms with Crippen LogP contribution in [0.1, 0.15) is 36.1 Å². The molecule has 3 aromatic carbocycles. The van der Waals surface area contributed by atoms with Crippen LogP contribution in [0.2, 0.25) is 0 Å². The quantitative estimate of drug-likeness (QED) is 0.231. The topological polar surface area (TPSA) is 95.3 Å². The number of methoxy groups -OCH3 is 1. The molecular weight excluding hydrogens is 476 g/mol. The van der Waals surface area contributed by atoms with Gasteiger partial charge in [0.15, 0.2) is 22.9 Å². The molecule has 8 nitrogen and oxygen atoms in total. The Hall–Kier alpha value is -4.11. The van der Waals surface area contributed by atoms with Gasteiger partial charge in [-0.15, -0.1) is 10.2 Å². The third-order valence-electron chi connectivity index (χ3n) is 5.32. The van der Waals surface area contributed by atoms with Crippen molar-refractivity contribution in [2.75, 3.05) is 18.2 Å². The van der Waals surface area contributed by atoms with Crippen LogP contribution in [0.5, 0.6) is 11.5 Å². The second kappa shape index (κ2) is 11.5. The molecule has 4 rings (SSSR count). The summed E-state index contributed by atoms with van der Waals surface area (Å²) in [6.45, 7) is 3.41. The molecule has 36 heavy (non-hydrogen) atoms. The van der Waals surface area contributed by atoms with Crippen molar-refractivity contribution in [1.29, 1.82) is 0 Å². The van der Waals surface area contributed by atoms with Crippen LogP contribution in [0, 0.1) is 0 Å². The van der Waals surface area contributed by atoms with E-state index in [1.807, 2.05) is 66.1 Å². The van der Waals surface area contributed by atoms with Crippen molar-refractivity contribution in [3.8, 4) is 17.2 Å². The predicted molar refractivity (Wildman–Crippen MR) is 139 cm³/mol. The van der Waals surface area contributed by atoms with Gasteiger partial charge in [0.2, 0.25) is 5.91 Å². The molecule has 0 aliphatic rings. The van der Waals surface area contributed by atoms with Gasteiger partial charge in [-0.1, -0.05) is 30.0 Å². The lowest BCUT2D eigenvalue weighted by molar-refractivity contribution is -0.113. The van der Waals surface area contributed by atoms with Crippen LogP contribution in [0.25, 0.3) is 5.69 Å². The summed E-state index contributed by atoms with van der Waals surface area (Å²) in [5.41, 5.74) is 2.08. The second-order valence-electron chi connectivity index (χ2n) is 7.92. The zero-order chi connectivity index (χ0) is 25.5. The minimum atomic E-state index is -0.408. The van der Waals surface area contributed by atoms with E-state index in [-0.39, 0.29) is 17.4 Å². The monoisotopic (exact) mass is 502 g/mol. The summed E-state index contributed by atoms with van der Waals surface area (Å²) in [5, 5.41) is 12.2. The Bertz CT molecular complexity index is 1320. The Morgan fingerprint density at radius 1 is 0.944 bits per heavy atom. The van der Waals surface area contributed by atoms with E-state index in [0.29, 0.717) is 28.0 Å². The Balaban J connectivity index is 1.49. The molecule has 184 valence electrons. The highest BCUT2D eigenvalue weighted by Gasteiger charge is 2.21. The first-order chi connectivity index (χ1) is 17.4. The lowest BCUT2D eigenvalue weighted by Crippen LogP contribution is -2.15. The highest BCUT2D eigenvalue weighted by atomic mass is 32.2. The average Bonchev–Trinajstić information content (AvgIpc) is 3.33. The van der Waals surface area contributed by atoms with Gasteiger partial charge < -0.3 is 14.8 Å². The average molecular weight is 503 g/mol. The molecule has 0 aliphatic carbocycles. The molecule has 1 atom stereocenters. The molecule has 0 radical (unpaired) electrons. The Kier molecular flexibility index (Phi) is 8.02. The molecule has 0 spiro atoms. The number of anilines is 1. The number of nitrogens with one attached hydrogen (secondary N) is 1. The highest BCUT2D eigenvalue weighted by molar-refractivity contribution is 7.99. The number of nitrogens with zero attached hydrogens (tertiary/aromatic N) is 3. The third kappa shape index (κ3) is 6.11. The van der Waals surface area contributed by atoms with E-state index in [9.17, 15) is 9.59 Å². The van der Waals surface area contributed by atoms with E-state index < -0.39 is 6.10 Å². The van der Waals surface area contributed by atoms with Crippen molar-refractivity contribution in [2.24, 2.45) is 0 Å². The van der Waals surface area contributed by atoms with Crippen LogP contribution in [0.15, 0.2) is 84.0 Å². The maximum absolute atomic E-state index is 12.6. The van der Waals surface area contributed by atoms with Gasteiger partial charge in [0.05, 0.1) is 12.9 Å². The van der Waals surface area contributed by atoms with Crippen LogP contribution in [0.4, 0.5) is 5.69 Å². The number of para-hydroxylation sites is 1. The fourth-order valence-electron chi connectivity index (χ4n) is 3.48. The number of carbonyl (C=O) groups is 2. The van der Waals surface area contributed by atoms with Gasteiger partial charge in [0.1, 0.15) is 11.5 Å². The smallest absolute Gasteiger partial charge is 0.234 e. The number of carbonyl (C=O) groups excluding carboxylic acids is 2. The van der Waals surface area contributed by atoms with E-state index >= 15 is 0 Å². The number of amides is 1. The fraction of sp³-hybridized carbons (Fsp3) is 0.185. The number of rotatable bonds is 10. The molecule has 1 unspecified atom stereocenters. The number of Topliss-reactive ketones (excluding diaryl/α,β-unsaturated/α-hetero) is 1. The molecule has 4 aromatic rings. The van der Waals surface area contributed by atoms with Crippen molar-refractivity contribution < 1.29 is 19.1 Å². The summed E-state index contributed by atoms with van der Waals surface area (Å²) >= 11 is 1.28. The number of ether oxygens (including phenoxy) is 2. The van der Waals surface area contributed by atoms with E-state index in [2.05, 4.69) is 15.5 Å². The normalized spacial score (nSPS) is 11.5. The van der Waals surface area contributed by atoms with Gasteiger partial charge in [-0.25, -0.2) is 0 Å². The highest BCUT2D eigenvalue weighted by Crippen LogP contribution is 2.28. The molecule has 1 amide bonds. The zero-order valence-electron chi connectivity index (χ0n) is 20.2. The number of benzene rings is 3. The molecule has 1 heterocycles. The van der Waals surface area contributed by atoms with Gasteiger partial charge in [0.25, 0.3) is 0 Å². The van der Waals surface area contributed by atoms with E-state index in [1.165, 1.54) is 18.7 Å². The molecule has 0 bridgehead atoms. The number of aromatic nitrogens is 3. The van der Waals surface area contributed by atoms with Gasteiger partial charge >= 0.3 is 0 Å². The summed E-state index contributed by atoms with van der Waals surface area (Å²) in [6, 6.07) is 23.8. The summed E-state index contributed by atoms with van der Waals surface area (Å²) in [4.78, 5) is 24.0. The van der Waals surface area contributed by atoms with Crippen molar-refractivity contribution in [3.05, 3.63) is 90.3 Å². The molecule has 0 saturated heterocycles. The number of hydrogen-bond donors (Lipinski definition) is 1. The van der Waals surface area contributed by atoms with Crippen molar-refractivity contribution >= 4 is 29.1 Å². The van der Waals surface area contributed by atoms with Crippen molar-refractivity contribution in [1.82, 2.24) is 14.8 Å². The fourth-order valence-corrected chi connectivity index (χ4v) is 4.24. The minimum absolute atomic E-state index is 0.0234. The molecule has 0 aliphatic heterocycles. The van der Waals surface area contributed by atoms with E-state index in [4.69, 9.17) is 9.47 Å². The summed E-state index contributed by atoms with van der Waals surface area (Å²) in [7, 11) is 1.62. The maximum atomic E-state index is 12.6. The van der Waals surface area contributed by atoms with Crippen LogP contribution in [0.3, 0.4) is 0 Å². The minimum Gasteiger partial charge on any atom is -0.497 e. The Morgan fingerprint density at radius 2 is 1.61 bits per heavy atom. The van der Waals surface area contributed by atoms with Crippen molar-refractivity contribution in [2.45, 2.75) is 25.1 Å². The molecule has 1 aromatic heterocycles. The summed E-state index contributed by atoms with van der Waals surface area (Å²) in [5.74, 6) is 1.95. The van der Waals surface area contributed by atoms with Gasteiger partial charge in [-0.3, -0.25) is 14.2 Å². The molecule has 9 heteroatoms. The molecule has 1 N–H and O–H groups in total. The number of thioether (sulfide) groups is 1. The number of hydrogen-bond acceptors (Lipinski definition) is 7. The lowest BCUT2D eigenvalue weighted by Gasteiger charge is -2.17. The van der Waals surface area contributed by atoms with Crippen LogP contribution < -0.4 is 14.8 Å². The lowest BCUT2D eigenvalue weighted by atomic mass is 10.1. The van der Waals surface area contributed by atoms with Crippen LogP contribution in [-0.4, -0.2) is 39.3 Å². The SMILES string of the molecule is COc1ccc(OC(C)c2nnc(SCC(=O)Nc3ccc(C(C)=O)cc3)n2-c2ccccc2)cc1. The maximum Gasteiger partial charge on any atom is 0.234 e. The predicted octanol–water partition coefficient (Wildman–Crippen LogP) is 5.35. The zero-order valence-corrected chi connectivity index (χ0v) is 21.0. The third-order valence-corrected chi connectivity index (χ3v) is 6.25. The summed E-state index contributed by atoms with van der Waals surface area (Å²) < 4.78 is 13.2. The molecule has 0 saturated carbocycles. The Labute approximate surface area is 213 Å². The Morgan fingerprint density at radius 3 is 2.25 bits per heavy atom. The first kappa shape index (κ1) is 25.0. The van der Waals surface area contributed by atoms with Crippen molar-refractivity contribution in [3.63, 3.8) is 0 Å². The van der Waals surface area contributed by atoms with E-state index in [1.54, 1.807) is 31.4 Å². The van der Waals surface area contributed by atoms with E-state index in [0.717, 1.165) is 11.4 Å². The largest absolute Gasteiger partial charge is 0.497 e. The standard InChI is InChI=1S/C27H26N4O4S/c1-18(32)20-9-11-21(12-10-20)28-25(33)17-36-27-30-29-26(31(27)22-7-5-4-6-8-22)19(2)35-24-15-13-23(34-3)14-16-24/h4-16,19H,17H2,1-3H3,(H,28,33). The van der Waals surface area contributed by atoms with Crippen LogP contribution >= 0.6 is 11.8 Å². The van der Waals surface area contributed by atoms with Crippen LogP contribution in [-0.2, 0) is 4.79 Å². The van der Waals surface area contributed by atoms with Gasteiger partial charge in [0, 0.05) is 16.9 Å².